The van der Waals surface area contributed by atoms with Crippen molar-refractivity contribution in [3.63, 3.8) is 0 Å². The second-order valence-electron chi connectivity index (χ2n) is 5.11. The summed E-state index contributed by atoms with van der Waals surface area (Å²) in [5, 5.41) is 0. The monoisotopic (exact) mass is 212 g/mol. The summed E-state index contributed by atoms with van der Waals surface area (Å²) in [6.45, 7) is 10.3. The number of nitrogens with two attached hydrogens (primary N) is 1. The Morgan fingerprint density at radius 1 is 1.40 bits per heavy atom. The summed E-state index contributed by atoms with van der Waals surface area (Å²) in [6.07, 6.45) is 0.964. The van der Waals surface area contributed by atoms with Gasteiger partial charge in [-0.25, -0.2) is 0 Å². The van der Waals surface area contributed by atoms with Gasteiger partial charge in [-0.1, -0.05) is 34.1 Å². The predicted octanol–water partition coefficient (Wildman–Crippen LogP) is 1.47. The lowest BCUT2D eigenvalue weighted by atomic mass is 9.99. The van der Waals surface area contributed by atoms with E-state index in [0.717, 1.165) is 19.5 Å². The molecule has 0 bridgehead atoms. The largest absolute Gasteiger partial charge is 0.341 e. The van der Waals surface area contributed by atoms with Crippen molar-refractivity contribution < 1.29 is 4.79 Å². The first-order valence-corrected chi connectivity index (χ1v) is 6.01. The number of nitrogens with zero attached hydrogens (tertiary/aromatic N) is 1. The summed E-state index contributed by atoms with van der Waals surface area (Å²) < 4.78 is 0. The number of hydrogen-bond acceptors (Lipinski definition) is 2. The average Bonchev–Trinajstić information content (AvgIpc) is 2.56. The van der Waals surface area contributed by atoms with Crippen LogP contribution in [0.2, 0.25) is 0 Å². The van der Waals surface area contributed by atoms with Gasteiger partial charge in [0.2, 0.25) is 5.91 Å². The van der Waals surface area contributed by atoms with E-state index in [1.165, 1.54) is 0 Å². The smallest absolute Gasteiger partial charge is 0.239 e. The molecule has 0 aromatic heterocycles. The molecule has 0 radical (unpaired) electrons. The van der Waals surface area contributed by atoms with Crippen LogP contribution in [-0.4, -0.2) is 29.9 Å². The zero-order chi connectivity index (χ0) is 11.6. The van der Waals surface area contributed by atoms with E-state index in [9.17, 15) is 4.79 Å². The van der Waals surface area contributed by atoms with Crippen LogP contribution in [0.4, 0.5) is 0 Å². The molecule has 1 saturated heterocycles. The molecule has 15 heavy (non-hydrogen) atoms. The van der Waals surface area contributed by atoms with E-state index in [2.05, 4.69) is 20.8 Å². The van der Waals surface area contributed by atoms with Gasteiger partial charge >= 0.3 is 0 Å². The van der Waals surface area contributed by atoms with Crippen LogP contribution in [-0.2, 0) is 4.79 Å². The predicted molar refractivity (Wildman–Crippen MR) is 62.3 cm³/mol. The van der Waals surface area contributed by atoms with E-state index in [1.54, 1.807) is 0 Å². The van der Waals surface area contributed by atoms with Gasteiger partial charge < -0.3 is 10.6 Å². The molecule has 88 valence electrons. The van der Waals surface area contributed by atoms with Gasteiger partial charge in [-0.15, -0.1) is 0 Å². The van der Waals surface area contributed by atoms with Crippen LogP contribution in [0, 0.1) is 17.8 Å². The van der Waals surface area contributed by atoms with Gasteiger partial charge in [0.25, 0.3) is 0 Å². The fourth-order valence-electron chi connectivity index (χ4n) is 2.02. The molecular formula is C12H24N2O. The fraction of sp³-hybridized carbons (Fsp3) is 0.917. The number of amides is 1. The van der Waals surface area contributed by atoms with Crippen molar-refractivity contribution in [2.45, 2.75) is 40.2 Å². The van der Waals surface area contributed by atoms with Gasteiger partial charge in [-0.3, -0.25) is 4.79 Å². The number of hydrogen-bond donors (Lipinski definition) is 1. The van der Waals surface area contributed by atoms with Crippen molar-refractivity contribution >= 4 is 5.91 Å². The Balaban J connectivity index is 2.54. The maximum Gasteiger partial charge on any atom is 0.239 e. The SMILES string of the molecule is CCC(C)C(N)C(=O)N1CC(C)C(C)C1. The summed E-state index contributed by atoms with van der Waals surface area (Å²) in [5.41, 5.74) is 5.95. The molecule has 3 heteroatoms. The molecule has 0 aliphatic carbocycles. The molecule has 1 rings (SSSR count). The van der Waals surface area contributed by atoms with Crippen LogP contribution >= 0.6 is 0 Å². The van der Waals surface area contributed by atoms with E-state index < -0.39 is 0 Å². The minimum absolute atomic E-state index is 0.139. The number of carbonyl (C=O) groups excluding carboxylic acids is 1. The standard InChI is InChI=1S/C12H24N2O/c1-5-8(2)11(13)12(15)14-6-9(3)10(4)7-14/h8-11H,5-7,13H2,1-4H3. The molecule has 2 N–H and O–H groups in total. The Labute approximate surface area is 93.0 Å². The highest BCUT2D eigenvalue weighted by Crippen LogP contribution is 2.23. The Kier molecular flexibility index (Phi) is 4.14. The lowest BCUT2D eigenvalue weighted by Crippen LogP contribution is -2.46. The highest BCUT2D eigenvalue weighted by molar-refractivity contribution is 5.82. The van der Waals surface area contributed by atoms with Crippen LogP contribution in [0.5, 0.6) is 0 Å². The first-order chi connectivity index (χ1) is 6.97. The van der Waals surface area contributed by atoms with Gasteiger partial charge in [-0.2, -0.15) is 0 Å². The van der Waals surface area contributed by atoms with Gasteiger partial charge in [0, 0.05) is 13.1 Å². The Morgan fingerprint density at radius 2 is 1.87 bits per heavy atom. The first-order valence-electron chi connectivity index (χ1n) is 6.01. The van der Waals surface area contributed by atoms with Gasteiger partial charge in [0.1, 0.15) is 0 Å². The van der Waals surface area contributed by atoms with Crippen molar-refractivity contribution in [2.75, 3.05) is 13.1 Å². The molecule has 1 fully saturated rings. The number of likely N-dealkylation sites (tertiary alicyclic amines) is 1. The van der Waals surface area contributed by atoms with Crippen molar-refractivity contribution in [3.8, 4) is 0 Å². The number of rotatable bonds is 3. The van der Waals surface area contributed by atoms with Crippen LogP contribution in [0.1, 0.15) is 34.1 Å². The molecule has 0 saturated carbocycles. The number of carbonyl (C=O) groups is 1. The topological polar surface area (TPSA) is 46.3 Å². The summed E-state index contributed by atoms with van der Waals surface area (Å²) in [4.78, 5) is 14.0. The molecule has 1 aliphatic rings. The molecule has 1 heterocycles. The van der Waals surface area contributed by atoms with E-state index >= 15 is 0 Å². The van der Waals surface area contributed by atoms with E-state index in [0.29, 0.717) is 11.8 Å². The van der Waals surface area contributed by atoms with Crippen molar-refractivity contribution in [1.29, 1.82) is 0 Å². The molecule has 0 spiro atoms. The van der Waals surface area contributed by atoms with Crippen LogP contribution < -0.4 is 5.73 Å². The summed E-state index contributed by atoms with van der Waals surface area (Å²) in [5.74, 6) is 1.64. The molecule has 0 aromatic carbocycles. The first kappa shape index (κ1) is 12.5. The molecule has 4 unspecified atom stereocenters. The van der Waals surface area contributed by atoms with Crippen LogP contribution in [0.15, 0.2) is 0 Å². The molecule has 3 nitrogen and oxygen atoms in total. The Morgan fingerprint density at radius 3 is 2.27 bits per heavy atom. The van der Waals surface area contributed by atoms with E-state index in [-0.39, 0.29) is 17.9 Å². The third-order valence-corrected chi connectivity index (χ3v) is 3.84. The third-order valence-electron chi connectivity index (χ3n) is 3.84. The van der Waals surface area contributed by atoms with Crippen molar-refractivity contribution in [3.05, 3.63) is 0 Å². The molecule has 1 aliphatic heterocycles. The molecular weight excluding hydrogens is 188 g/mol. The molecule has 4 atom stereocenters. The third kappa shape index (κ3) is 2.71. The van der Waals surface area contributed by atoms with Crippen molar-refractivity contribution in [2.24, 2.45) is 23.5 Å². The quantitative estimate of drug-likeness (QED) is 0.770. The minimum Gasteiger partial charge on any atom is -0.341 e. The summed E-state index contributed by atoms with van der Waals surface area (Å²) in [7, 11) is 0. The van der Waals surface area contributed by atoms with E-state index in [1.807, 2.05) is 11.8 Å². The fourth-order valence-corrected chi connectivity index (χ4v) is 2.02. The zero-order valence-corrected chi connectivity index (χ0v) is 10.4. The zero-order valence-electron chi connectivity index (χ0n) is 10.4. The maximum absolute atomic E-state index is 12.0. The van der Waals surface area contributed by atoms with Gasteiger partial charge in [-0.05, 0) is 17.8 Å². The highest BCUT2D eigenvalue weighted by atomic mass is 16.2. The Hall–Kier alpha value is -0.570. The summed E-state index contributed by atoms with van der Waals surface area (Å²) >= 11 is 0. The molecule has 0 aromatic rings. The normalized spacial score (nSPS) is 30.3. The van der Waals surface area contributed by atoms with Crippen LogP contribution in [0.25, 0.3) is 0 Å². The van der Waals surface area contributed by atoms with E-state index in [4.69, 9.17) is 5.73 Å². The van der Waals surface area contributed by atoms with Gasteiger partial charge in [0.05, 0.1) is 6.04 Å². The maximum atomic E-state index is 12.0. The lowest BCUT2D eigenvalue weighted by molar-refractivity contribution is -0.132. The lowest BCUT2D eigenvalue weighted by Gasteiger charge is -2.24. The summed E-state index contributed by atoms with van der Waals surface area (Å²) in [6, 6.07) is -0.313. The molecule has 1 amide bonds. The van der Waals surface area contributed by atoms with Crippen molar-refractivity contribution in [1.82, 2.24) is 4.90 Å². The average molecular weight is 212 g/mol. The van der Waals surface area contributed by atoms with Crippen LogP contribution in [0.3, 0.4) is 0 Å². The minimum atomic E-state index is -0.313. The van der Waals surface area contributed by atoms with Gasteiger partial charge in [0.15, 0.2) is 0 Å². The highest BCUT2D eigenvalue weighted by Gasteiger charge is 2.33. The second kappa shape index (κ2) is 4.97. The second-order valence-corrected chi connectivity index (χ2v) is 5.11. The Bertz CT molecular complexity index is 220.